The summed E-state index contributed by atoms with van der Waals surface area (Å²) in [6.07, 6.45) is 7.91. The number of likely N-dealkylation sites (tertiary alicyclic amines) is 1. The average molecular weight is 346 g/mol. The third-order valence-electron chi connectivity index (χ3n) is 4.69. The summed E-state index contributed by atoms with van der Waals surface area (Å²) in [4.78, 5) is 18.3. The molecule has 136 valence electrons. The number of carbonyl (C=O) groups is 1. The Morgan fingerprint density at radius 3 is 3.04 bits per heavy atom. The molecule has 1 fully saturated rings. The Hall–Kier alpha value is -2.22. The van der Waals surface area contributed by atoms with Crippen molar-refractivity contribution in [2.24, 2.45) is 7.05 Å². The van der Waals surface area contributed by atoms with Crippen LogP contribution in [0.3, 0.4) is 0 Å². The van der Waals surface area contributed by atoms with Crippen molar-refractivity contribution in [3.8, 4) is 0 Å². The maximum atomic E-state index is 12.3. The minimum absolute atomic E-state index is 0.166. The summed E-state index contributed by atoms with van der Waals surface area (Å²) in [5, 5.41) is 8.74. The molecule has 0 spiro atoms. The van der Waals surface area contributed by atoms with Crippen LogP contribution in [-0.2, 0) is 23.1 Å². The topological polar surface area (TPSA) is 78.1 Å². The van der Waals surface area contributed by atoms with Gasteiger partial charge in [0, 0.05) is 45.1 Å². The van der Waals surface area contributed by atoms with Crippen LogP contribution >= 0.6 is 0 Å². The van der Waals surface area contributed by atoms with Crippen LogP contribution in [0, 0.1) is 0 Å². The van der Waals surface area contributed by atoms with Gasteiger partial charge in [-0.05, 0) is 19.8 Å². The van der Waals surface area contributed by atoms with E-state index in [-0.39, 0.29) is 11.8 Å². The van der Waals surface area contributed by atoms with Gasteiger partial charge in [-0.3, -0.25) is 4.79 Å². The van der Waals surface area contributed by atoms with Crippen LogP contribution in [-0.4, -0.2) is 61.4 Å². The first-order chi connectivity index (χ1) is 12.2. The lowest BCUT2D eigenvalue weighted by Gasteiger charge is -2.32. The van der Waals surface area contributed by atoms with Crippen molar-refractivity contribution in [1.82, 2.24) is 29.2 Å². The Bertz CT molecular complexity index is 681. The molecule has 3 rings (SSSR count). The molecule has 8 nitrogen and oxygen atoms in total. The highest BCUT2D eigenvalue weighted by Crippen LogP contribution is 2.26. The molecule has 25 heavy (non-hydrogen) atoms. The normalized spacial score (nSPS) is 17.8. The molecule has 2 aromatic heterocycles. The van der Waals surface area contributed by atoms with Crippen molar-refractivity contribution < 1.29 is 9.53 Å². The summed E-state index contributed by atoms with van der Waals surface area (Å²) in [6, 6.07) is 0. The number of imidazole rings is 1. The van der Waals surface area contributed by atoms with E-state index in [9.17, 15) is 4.79 Å². The van der Waals surface area contributed by atoms with Gasteiger partial charge < -0.3 is 18.8 Å². The molecule has 0 saturated carbocycles. The van der Waals surface area contributed by atoms with E-state index in [1.807, 2.05) is 29.6 Å². The summed E-state index contributed by atoms with van der Waals surface area (Å²) >= 11 is 0. The fourth-order valence-electron chi connectivity index (χ4n) is 3.29. The van der Waals surface area contributed by atoms with E-state index in [0.29, 0.717) is 32.7 Å². The van der Waals surface area contributed by atoms with Crippen molar-refractivity contribution >= 4 is 5.91 Å². The van der Waals surface area contributed by atoms with Crippen LogP contribution in [0.1, 0.15) is 43.8 Å². The Labute approximate surface area is 147 Å². The number of amides is 1. The lowest BCUT2D eigenvalue weighted by atomic mass is 9.97. The molecule has 0 bridgehead atoms. The lowest BCUT2D eigenvalue weighted by molar-refractivity contribution is -0.133. The van der Waals surface area contributed by atoms with Crippen molar-refractivity contribution in [1.29, 1.82) is 0 Å². The highest BCUT2D eigenvalue weighted by Gasteiger charge is 2.28. The zero-order chi connectivity index (χ0) is 17.6. The van der Waals surface area contributed by atoms with Gasteiger partial charge >= 0.3 is 0 Å². The molecule has 8 heteroatoms. The monoisotopic (exact) mass is 346 g/mol. The molecule has 1 saturated heterocycles. The number of carbonyl (C=O) groups excluding carboxylic acids is 1. The first-order valence-electron chi connectivity index (χ1n) is 8.88. The Balaban J connectivity index is 1.63. The molecule has 0 radical (unpaired) electrons. The second-order valence-corrected chi connectivity index (χ2v) is 6.39. The molecule has 1 atom stereocenters. The van der Waals surface area contributed by atoms with Crippen molar-refractivity contribution in [3.05, 3.63) is 30.4 Å². The van der Waals surface area contributed by atoms with Crippen LogP contribution in [0.25, 0.3) is 0 Å². The number of rotatable bonds is 7. The summed E-state index contributed by atoms with van der Waals surface area (Å²) in [5.41, 5.74) is 0. The zero-order valence-electron chi connectivity index (χ0n) is 15.0. The number of aromatic nitrogens is 5. The van der Waals surface area contributed by atoms with E-state index in [0.717, 1.165) is 31.0 Å². The maximum Gasteiger partial charge on any atom is 0.224 e. The van der Waals surface area contributed by atoms with Crippen LogP contribution in [0.4, 0.5) is 0 Å². The maximum absolute atomic E-state index is 12.3. The number of ether oxygens (including phenoxy) is 1. The second-order valence-electron chi connectivity index (χ2n) is 6.39. The molecule has 0 aliphatic carbocycles. The molecule has 1 aliphatic rings. The third kappa shape index (κ3) is 4.25. The predicted molar refractivity (Wildman–Crippen MR) is 92.0 cm³/mol. The number of hydrogen-bond donors (Lipinski definition) is 0. The number of piperidine rings is 1. The van der Waals surface area contributed by atoms with Crippen LogP contribution in [0.2, 0.25) is 0 Å². The van der Waals surface area contributed by atoms with Crippen LogP contribution < -0.4 is 0 Å². The molecule has 0 aromatic carbocycles. The second kappa shape index (κ2) is 8.24. The van der Waals surface area contributed by atoms with E-state index in [4.69, 9.17) is 4.74 Å². The van der Waals surface area contributed by atoms with Gasteiger partial charge in [0.05, 0.1) is 25.9 Å². The Kier molecular flexibility index (Phi) is 5.80. The van der Waals surface area contributed by atoms with Crippen molar-refractivity contribution in [2.75, 3.05) is 26.3 Å². The summed E-state index contributed by atoms with van der Waals surface area (Å²) < 4.78 is 9.32. The highest BCUT2D eigenvalue weighted by atomic mass is 16.5. The Morgan fingerprint density at radius 1 is 1.40 bits per heavy atom. The van der Waals surface area contributed by atoms with Gasteiger partial charge in [0.25, 0.3) is 0 Å². The fraction of sp³-hybridized carbons (Fsp3) is 0.647. The molecule has 0 unspecified atom stereocenters. The van der Waals surface area contributed by atoms with Gasteiger partial charge in [0.2, 0.25) is 5.91 Å². The zero-order valence-corrected chi connectivity index (χ0v) is 15.0. The number of nitrogens with zero attached hydrogens (tertiary/aromatic N) is 6. The SMILES string of the molecule is CCOCCC(=O)N1CCC[C@H](c2nnc(Cn3ccnc3)n2C)C1. The number of hydrogen-bond acceptors (Lipinski definition) is 5. The molecule has 1 amide bonds. The Morgan fingerprint density at radius 2 is 2.28 bits per heavy atom. The van der Waals surface area contributed by atoms with Gasteiger partial charge in [0.1, 0.15) is 5.82 Å². The summed E-state index contributed by atoms with van der Waals surface area (Å²) in [5.74, 6) is 2.25. The highest BCUT2D eigenvalue weighted by molar-refractivity contribution is 5.76. The van der Waals surface area contributed by atoms with Gasteiger partial charge in [-0.25, -0.2) is 4.98 Å². The van der Waals surface area contributed by atoms with E-state index in [2.05, 4.69) is 19.7 Å². The van der Waals surface area contributed by atoms with Gasteiger partial charge in [0.15, 0.2) is 5.82 Å². The third-order valence-corrected chi connectivity index (χ3v) is 4.69. The average Bonchev–Trinajstić information content (AvgIpc) is 3.26. The summed E-state index contributed by atoms with van der Waals surface area (Å²) in [6.45, 7) is 5.26. The predicted octanol–water partition coefficient (Wildman–Crippen LogP) is 1.19. The van der Waals surface area contributed by atoms with Crippen LogP contribution in [0.5, 0.6) is 0 Å². The summed E-state index contributed by atoms with van der Waals surface area (Å²) in [7, 11) is 2.00. The minimum atomic E-state index is 0.166. The van der Waals surface area contributed by atoms with E-state index < -0.39 is 0 Å². The first-order valence-corrected chi connectivity index (χ1v) is 8.88. The molecule has 0 N–H and O–H groups in total. The molecule has 3 heterocycles. The smallest absolute Gasteiger partial charge is 0.224 e. The van der Waals surface area contributed by atoms with Gasteiger partial charge in [-0.2, -0.15) is 0 Å². The lowest BCUT2D eigenvalue weighted by Crippen LogP contribution is -2.40. The van der Waals surface area contributed by atoms with E-state index >= 15 is 0 Å². The van der Waals surface area contributed by atoms with Gasteiger partial charge in [-0.15, -0.1) is 10.2 Å². The van der Waals surface area contributed by atoms with Crippen molar-refractivity contribution in [3.63, 3.8) is 0 Å². The quantitative estimate of drug-likeness (QED) is 0.704. The first kappa shape index (κ1) is 17.6. The van der Waals surface area contributed by atoms with Crippen LogP contribution in [0.15, 0.2) is 18.7 Å². The minimum Gasteiger partial charge on any atom is -0.381 e. The van der Waals surface area contributed by atoms with Crippen molar-refractivity contribution in [2.45, 2.75) is 38.6 Å². The van der Waals surface area contributed by atoms with Gasteiger partial charge in [-0.1, -0.05) is 0 Å². The largest absolute Gasteiger partial charge is 0.381 e. The van der Waals surface area contributed by atoms with E-state index in [1.54, 1.807) is 12.5 Å². The molecular formula is C17H26N6O2. The molecule has 1 aliphatic heterocycles. The molecular weight excluding hydrogens is 320 g/mol. The standard InChI is InChI=1S/C17H26N6O2/c1-3-25-10-6-16(24)23-8-4-5-14(11-23)17-20-19-15(21(17)2)12-22-9-7-18-13-22/h7,9,13-14H,3-6,8,10-12H2,1-2H3/t14-/m0/s1. The molecule has 2 aromatic rings. The van der Waals surface area contributed by atoms with E-state index in [1.165, 1.54) is 0 Å². The fourth-order valence-corrected chi connectivity index (χ4v) is 3.29.